The second kappa shape index (κ2) is 5.67. The zero-order valence-electron chi connectivity index (χ0n) is 13.7. The van der Waals surface area contributed by atoms with Crippen LogP contribution in [-0.4, -0.2) is 39.7 Å². The Labute approximate surface area is 138 Å². The summed E-state index contributed by atoms with van der Waals surface area (Å²) in [6.07, 6.45) is 0.0317. The van der Waals surface area contributed by atoms with Crippen molar-refractivity contribution in [3.8, 4) is 0 Å². The van der Waals surface area contributed by atoms with Crippen LogP contribution in [0.15, 0.2) is 30.5 Å². The van der Waals surface area contributed by atoms with Crippen molar-refractivity contribution in [2.24, 2.45) is 0 Å². The van der Waals surface area contributed by atoms with Gasteiger partial charge >= 0.3 is 18.2 Å². The number of hydrogen-bond acceptors (Lipinski definition) is 5. The summed E-state index contributed by atoms with van der Waals surface area (Å²) in [4.78, 5) is 40.0. The van der Waals surface area contributed by atoms with Crippen LogP contribution in [0.5, 0.6) is 0 Å². The minimum Gasteiger partial charge on any atom is -0.443 e. The standard InChI is InChI=1S/C17H18N2O5/c1-17(2,3)24-16(22)19-13(14(20)23-15(19)21)8-10-9-18-12-7-5-4-6-11(10)12/h4-7,9,13,18H,8H2,1-3H3/t13-/m1/s1. The molecule has 1 N–H and O–H groups in total. The lowest BCUT2D eigenvalue weighted by Gasteiger charge is -2.24. The summed E-state index contributed by atoms with van der Waals surface area (Å²) >= 11 is 0. The number of benzene rings is 1. The quantitative estimate of drug-likeness (QED) is 0.675. The van der Waals surface area contributed by atoms with Gasteiger partial charge in [-0.15, -0.1) is 0 Å². The van der Waals surface area contributed by atoms with Gasteiger partial charge in [0.2, 0.25) is 0 Å². The van der Waals surface area contributed by atoms with Gasteiger partial charge in [-0.2, -0.15) is 4.90 Å². The fourth-order valence-electron chi connectivity index (χ4n) is 2.63. The molecule has 1 saturated heterocycles. The summed E-state index contributed by atoms with van der Waals surface area (Å²) in [5, 5.41) is 0.925. The number of para-hydroxylation sites is 1. The van der Waals surface area contributed by atoms with Crippen LogP contribution < -0.4 is 0 Å². The van der Waals surface area contributed by atoms with Gasteiger partial charge in [-0.25, -0.2) is 14.4 Å². The first-order valence-corrected chi connectivity index (χ1v) is 7.59. The number of amides is 2. The summed E-state index contributed by atoms with van der Waals surface area (Å²) in [6.45, 7) is 5.05. The third-order valence-electron chi connectivity index (χ3n) is 3.65. The number of esters is 1. The van der Waals surface area contributed by atoms with Crippen LogP contribution in [0.3, 0.4) is 0 Å². The smallest absolute Gasteiger partial charge is 0.427 e. The lowest BCUT2D eigenvalue weighted by Crippen LogP contribution is -2.44. The summed E-state index contributed by atoms with van der Waals surface area (Å²) < 4.78 is 9.82. The van der Waals surface area contributed by atoms with Crippen molar-refractivity contribution in [3.05, 3.63) is 36.0 Å². The number of H-pyrrole nitrogens is 1. The highest BCUT2D eigenvalue weighted by Gasteiger charge is 2.47. The van der Waals surface area contributed by atoms with Crippen LogP contribution >= 0.6 is 0 Å². The van der Waals surface area contributed by atoms with E-state index >= 15 is 0 Å². The molecule has 126 valence electrons. The Morgan fingerprint density at radius 3 is 2.71 bits per heavy atom. The average Bonchev–Trinajstić information content (AvgIpc) is 2.99. The molecule has 1 aliphatic rings. The monoisotopic (exact) mass is 330 g/mol. The maximum atomic E-state index is 12.3. The number of carbonyl (C=O) groups excluding carboxylic acids is 3. The molecule has 0 saturated carbocycles. The molecular formula is C17H18N2O5. The first-order chi connectivity index (χ1) is 11.3. The molecule has 1 aromatic heterocycles. The van der Waals surface area contributed by atoms with Crippen LogP contribution in [0.4, 0.5) is 9.59 Å². The van der Waals surface area contributed by atoms with E-state index in [4.69, 9.17) is 4.74 Å². The van der Waals surface area contributed by atoms with E-state index in [0.29, 0.717) is 0 Å². The number of aromatic amines is 1. The van der Waals surface area contributed by atoms with Gasteiger partial charge < -0.3 is 14.5 Å². The van der Waals surface area contributed by atoms with E-state index in [-0.39, 0.29) is 6.42 Å². The van der Waals surface area contributed by atoms with Crippen LogP contribution in [0.2, 0.25) is 0 Å². The van der Waals surface area contributed by atoms with Gasteiger partial charge in [-0.1, -0.05) is 18.2 Å². The number of ether oxygens (including phenoxy) is 2. The molecule has 2 aromatic rings. The summed E-state index contributed by atoms with van der Waals surface area (Å²) in [5.41, 5.74) is 0.943. The molecule has 3 rings (SSSR count). The predicted molar refractivity (Wildman–Crippen MR) is 85.4 cm³/mol. The number of carbonyl (C=O) groups is 3. The lowest BCUT2D eigenvalue weighted by atomic mass is 10.0. The van der Waals surface area contributed by atoms with E-state index in [1.807, 2.05) is 24.3 Å². The second-order valence-corrected chi connectivity index (χ2v) is 6.62. The minimum atomic E-state index is -1.04. The Kier molecular flexibility index (Phi) is 3.79. The topological polar surface area (TPSA) is 88.7 Å². The Morgan fingerprint density at radius 1 is 1.29 bits per heavy atom. The molecule has 1 aliphatic heterocycles. The SMILES string of the molecule is CC(C)(C)OC(=O)N1C(=O)OC(=O)[C@H]1Cc1c[nH]c2ccccc12. The van der Waals surface area contributed by atoms with Crippen molar-refractivity contribution in [1.29, 1.82) is 0 Å². The molecule has 0 bridgehead atoms. The van der Waals surface area contributed by atoms with Crippen molar-refractivity contribution in [2.45, 2.75) is 38.8 Å². The molecule has 0 spiro atoms. The second-order valence-electron chi connectivity index (χ2n) is 6.62. The summed E-state index contributed by atoms with van der Waals surface area (Å²) in [6, 6.07) is 6.54. The molecule has 1 aromatic carbocycles. The van der Waals surface area contributed by atoms with E-state index in [1.165, 1.54) is 0 Å². The van der Waals surface area contributed by atoms with Crippen molar-refractivity contribution in [1.82, 2.24) is 9.88 Å². The Balaban J connectivity index is 1.88. The zero-order chi connectivity index (χ0) is 17.5. The van der Waals surface area contributed by atoms with Crippen molar-refractivity contribution in [3.63, 3.8) is 0 Å². The van der Waals surface area contributed by atoms with E-state index in [9.17, 15) is 14.4 Å². The van der Waals surface area contributed by atoms with Crippen LogP contribution in [-0.2, 0) is 20.7 Å². The number of nitrogens with zero attached hydrogens (tertiary/aromatic N) is 1. The molecule has 1 fully saturated rings. The third kappa shape index (κ3) is 2.97. The number of hydrogen-bond donors (Lipinski definition) is 1. The zero-order valence-corrected chi connectivity index (χ0v) is 13.7. The van der Waals surface area contributed by atoms with Crippen LogP contribution in [0.1, 0.15) is 26.3 Å². The number of nitrogens with one attached hydrogen (secondary N) is 1. The van der Waals surface area contributed by atoms with Crippen molar-refractivity contribution in [2.75, 3.05) is 0 Å². The normalized spacial score (nSPS) is 18.1. The van der Waals surface area contributed by atoms with Crippen molar-refractivity contribution >= 4 is 29.1 Å². The van der Waals surface area contributed by atoms with Crippen LogP contribution in [0, 0.1) is 0 Å². The maximum Gasteiger partial charge on any atom is 0.427 e. The Hall–Kier alpha value is -2.83. The number of cyclic esters (lactones) is 2. The van der Waals surface area contributed by atoms with Gasteiger partial charge in [0, 0.05) is 23.5 Å². The molecule has 7 nitrogen and oxygen atoms in total. The molecular weight excluding hydrogens is 312 g/mol. The van der Waals surface area contributed by atoms with Gasteiger partial charge in [0.05, 0.1) is 0 Å². The van der Waals surface area contributed by atoms with E-state index in [1.54, 1.807) is 27.0 Å². The van der Waals surface area contributed by atoms with E-state index < -0.39 is 29.8 Å². The summed E-state index contributed by atoms with van der Waals surface area (Å²) in [5.74, 6) is -0.754. The van der Waals surface area contributed by atoms with Crippen LogP contribution in [0.25, 0.3) is 10.9 Å². The van der Waals surface area contributed by atoms with Gasteiger partial charge in [-0.05, 0) is 32.4 Å². The molecule has 2 heterocycles. The van der Waals surface area contributed by atoms with Gasteiger partial charge in [0.25, 0.3) is 0 Å². The highest BCUT2D eigenvalue weighted by Crippen LogP contribution is 2.25. The molecule has 24 heavy (non-hydrogen) atoms. The molecule has 2 amide bonds. The fourth-order valence-corrected chi connectivity index (χ4v) is 2.63. The largest absolute Gasteiger partial charge is 0.443 e. The highest BCUT2D eigenvalue weighted by atomic mass is 16.6. The Morgan fingerprint density at radius 2 is 2.00 bits per heavy atom. The maximum absolute atomic E-state index is 12.3. The van der Waals surface area contributed by atoms with Gasteiger partial charge in [0.1, 0.15) is 11.6 Å². The fraction of sp³-hybridized carbons (Fsp3) is 0.353. The first kappa shape index (κ1) is 16.0. The summed E-state index contributed by atoms with van der Waals surface area (Å²) in [7, 11) is 0. The average molecular weight is 330 g/mol. The number of fused-ring (bicyclic) bond motifs is 1. The van der Waals surface area contributed by atoms with Gasteiger partial charge in [-0.3, -0.25) is 0 Å². The molecule has 0 radical (unpaired) electrons. The Bertz CT molecular complexity index is 818. The lowest BCUT2D eigenvalue weighted by molar-refractivity contribution is -0.135. The number of rotatable bonds is 2. The number of aromatic nitrogens is 1. The molecule has 7 heteroatoms. The minimum absolute atomic E-state index is 0.161. The van der Waals surface area contributed by atoms with Gasteiger partial charge in [0.15, 0.2) is 0 Å². The van der Waals surface area contributed by atoms with E-state index in [2.05, 4.69) is 9.72 Å². The molecule has 1 atom stereocenters. The number of imide groups is 1. The van der Waals surface area contributed by atoms with Crippen molar-refractivity contribution < 1.29 is 23.9 Å². The predicted octanol–water partition coefficient (Wildman–Crippen LogP) is 2.99. The molecule has 0 unspecified atom stereocenters. The van der Waals surface area contributed by atoms with E-state index in [0.717, 1.165) is 21.4 Å². The highest BCUT2D eigenvalue weighted by molar-refractivity contribution is 6.04. The molecule has 0 aliphatic carbocycles. The third-order valence-corrected chi connectivity index (χ3v) is 3.65. The first-order valence-electron chi connectivity index (χ1n) is 7.59.